The van der Waals surface area contributed by atoms with Gasteiger partial charge in [-0.15, -0.1) is 0 Å². The molecule has 1 saturated heterocycles. The number of fused-ring (bicyclic) bond motifs is 1. The monoisotopic (exact) mass is 235 g/mol. The highest BCUT2D eigenvalue weighted by Gasteiger charge is 2.38. The first-order valence-electron chi connectivity index (χ1n) is 5.60. The quantitative estimate of drug-likeness (QED) is 0.716. The number of benzene rings is 1. The zero-order valence-electron chi connectivity index (χ0n) is 9.00. The third-order valence-corrected chi connectivity index (χ3v) is 4.11. The van der Waals surface area contributed by atoms with Crippen molar-refractivity contribution < 1.29 is 9.68 Å². The summed E-state index contributed by atoms with van der Waals surface area (Å²) in [7, 11) is -0.754. The van der Waals surface area contributed by atoms with E-state index in [-0.39, 0.29) is 6.23 Å². The van der Waals surface area contributed by atoms with E-state index in [2.05, 4.69) is 11.0 Å². The second-order valence-electron chi connectivity index (χ2n) is 4.12. The fraction of sp³-hybridized carbons (Fsp3) is 0.455. The standard InChI is InChI=1S/C11H14BNO2S/c14-12-10-4-2-1-3-9(10)11(15-12)13-5-7-16-8-6-13/h1-4,11,14H,5-8H2. The molecule has 0 spiro atoms. The molecule has 3 rings (SSSR count). The van der Waals surface area contributed by atoms with Gasteiger partial charge in [0.25, 0.3) is 0 Å². The first-order chi connectivity index (χ1) is 7.86. The van der Waals surface area contributed by atoms with Crippen molar-refractivity contribution in [1.29, 1.82) is 0 Å². The van der Waals surface area contributed by atoms with Gasteiger partial charge in [-0.2, -0.15) is 11.8 Å². The summed E-state index contributed by atoms with van der Waals surface area (Å²) >= 11 is 1.98. The zero-order valence-corrected chi connectivity index (χ0v) is 9.82. The van der Waals surface area contributed by atoms with Crippen LogP contribution in [-0.4, -0.2) is 41.6 Å². The van der Waals surface area contributed by atoms with E-state index in [0.29, 0.717) is 0 Å². The molecule has 1 unspecified atom stereocenters. The van der Waals surface area contributed by atoms with Crippen LogP contribution in [0.5, 0.6) is 0 Å². The van der Waals surface area contributed by atoms with Crippen LogP contribution in [0.4, 0.5) is 0 Å². The largest absolute Gasteiger partial charge is 0.492 e. The van der Waals surface area contributed by atoms with Gasteiger partial charge in [0.05, 0.1) is 0 Å². The highest BCUT2D eigenvalue weighted by molar-refractivity contribution is 7.99. The van der Waals surface area contributed by atoms with Crippen LogP contribution >= 0.6 is 11.8 Å². The average molecular weight is 235 g/mol. The van der Waals surface area contributed by atoms with Gasteiger partial charge in [-0.3, -0.25) is 4.90 Å². The van der Waals surface area contributed by atoms with E-state index in [1.165, 1.54) is 0 Å². The molecule has 5 heteroatoms. The molecule has 16 heavy (non-hydrogen) atoms. The molecule has 2 aliphatic heterocycles. The van der Waals surface area contributed by atoms with E-state index in [4.69, 9.17) is 4.65 Å². The van der Waals surface area contributed by atoms with Gasteiger partial charge in [-0.25, -0.2) is 0 Å². The molecule has 0 bridgehead atoms. The Balaban J connectivity index is 1.87. The van der Waals surface area contributed by atoms with Crippen molar-refractivity contribution in [3.8, 4) is 0 Å². The second kappa shape index (κ2) is 4.41. The molecule has 1 N–H and O–H groups in total. The fourth-order valence-corrected chi connectivity index (χ4v) is 3.26. The van der Waals surface area contributed by atoms with Crippen molar-refractivity contribution in [2.24, 2.45) is 0 Å². The van der Waals surface area contributed by atoms with E-state index in [0.717, 1.165) is 35.6 Å². The third kappa shape index (κ3) is 1.78. The molecular formula is C11H14BNO2S. The Labute approximate surface area is 99.9 Å². The maximum atomic E-state index is 9.83. The predicted octanol–water partition coefficient (Wildman–Crippen LogP) is 0.452. The molecular weight excluding hydrogens is 221 g/mol. The number of hydrogen-bond donors (Lipinski definition) is 1. The topological polar surface area (TPSA) is 32.7 Å². The normalized spacial score (nSPS) is 25.8. The van der Waals surface area contributed by atoms with Gasteiger partial charge in [0, 0.05) is 24.6 Å². The molecule has 0 aromatic heterocycles. The first-order valence-corrected chi connectivity index (χ1v) is 6.76. The second-order valence-corrected chi connectivity index (χ2v) is 5.34. The van der Waals surface area contributed by atoms with Crippen molar-refractivity contribution in [2.45, 2.75) is 6.23 Å². The number of nitrogens with zero attached hydrogens (tertiary/aromatic N) is 1. The van der Waals surface area contributed by atoms with Crippen LogP contribution in [0.2, 0.25) is 0 Å². The molecule has 1 fully saturated rings. The van der Waals surface area contributed by atoms with Gasteiger partial charge in [-0.1, -0.05) is 24.3 Å². The fourth-order valence-electron chi connectivity index (χ4n) is 2.32. The van der Waals surface area contributed by atoms with E-state index >= 15 is 0 Å². The molecule has 0 aliphatic carbocycles. The summed E-state index contributed by atoms with van der Waals surface area (Å²) in [6.07, 6.45) is -0.0490. The van der Waals surface area contributed by atoms with Crippen molar-refractivity contribution in [3.63, 3.8) is 0 Å². The lowest BCUT2D eigenvalue weighted by molar-refractivity contribution is 0.0276. The summed E-state index contributed by atoms with van der Waals surface area (Å²) in [5.74, 6) is 2.30. The molecule has 1 atom stereocenters. The molecule has 2 heterocycles. The summed E-state index contributed by atoms with van der Waals surface area (Å²) in [4.78, 5) is 2.31. The molecule has 0 amide bonds. The molecule has 3 nitrogen and oxygen atoms in total. The van der Waals surface area contributed by atoms with Crippen molar-refractivity contribution in [2.75, 3.05) is 24.6 Å². The number of rotatable bonds is 1. The van der Waals surface area contributed by atoms with Crippen molar-refractivity contribution >= 4 is 24.3 Å². The van der Waals surface area contributed by atoms with E-state index in [1.807, 2.05) is 30.0 Å². The molecule has 0 radical (unpaired) electrons. The number of thioether (sulfide) groups is 1. The van der Waals surface area contributed by atoms with Gasteiger partial charge < -0.3 is 9.68 Å². The van der Waals surface area contributed by atoms with Crippen LogP contribution in [0.25, 0.3) is 0 Å². The highest BCUT2D eigenvalue weighted by atomic mass is 32.2. The van der Waals surface area contributed by atoms with Gasteiger partial charge in [0.2, 0.25) is 0 Å². The molecule has 84 valence electrons. The highest BCUT2D eigenvalue weighted by Crippen LogP contribution is 2.28. The Kier molecular flexibility index (Phi) is 2.94. The van der Waals surface area contributed by atoms with Crippen LogP contribution in [0.15, 0.2) is 24.3 Å². The van der Waals surface area contributed by atoms with Crippen LogP contribution in [-0.2, 0) is 4.65 Å². The Hall–Kier alpha value is -0.485. The molecule has 0 saturated carbocycles. The average Bonchev–Trinajstić information content (AvgIpc) is 2.69. The van der Waals surface area contributed by atoms with Crippen LogP contribution in [0.3, 0.4) is 0 Å². The summed E-state index contributed by atoms with van der Waals surface area (Å²) in [5, 5.41) is 9.83. The van der Waals surface area contributed by atoms with Crippen molar-refractivity contribution in [3.05, 3.63) is 29.8 Å². The molecule has 1 aromatic carbocycles. The van der Waals surface area contributed by atoms with Crippen LogP contribution in [0.1, 0.15) is 11.8 Å². The van der Waals surface area contributed by atoms with Crippen molar-refractivity contribution in [1.82, 2.24) is 4.90 Å². The smallest absolute Gasteiger partial charge is 0.423 e. The van der Waals surface area contributed by atoms with E-state index in [9.17, 15) is 5.02 Å². The predicted molar refractivity (Wildman–Crippen MR) is 66.8 cm³/mol. The Morgan fingerprint density at radius 2 is 2.06 bits per heavy atom. The maximum absolute atomic E-state index is 9.83. The molecule has 1 aromatic rings. The van der Waals surface area contributed by atoms with Crippen LogP contribution < -0.4 is 5.46 Å². The van der Waals surface area contributed by atoms with Gasteiger partial charge >= 0.3 is 7.12 Å². The Morgan fingerprint density at radius 3 is 2.88 bits per heavy atom. The minimum atomic E-state index is -0.754. The lowest BCUT2D eigenvalue weighted by Crippen LogP contribution is -2.36. The Morgan fingerprint density at radius 1 is 1.31 bits per heavy atom. The zero-order chi connectivity index (χ0) is 11.0. The third-order valence-electron chi connectivity index (χ3n) is 3.16. The first kappa shape index (κ1) is 10.7. The Bertz CT molecular complexity index is 384. The van der Waals surface area contributed by atoms with Crippen LogP contribution in [0, 0.1) is 0 Å². The van der Waals surface area contributed by atoms with E-state index < -0.39 is 7.12 Å². The minimum absolute atomic E-state index is 0.0490. The number of hydrogen-bond acceptors (Lipinski definition) is 4. The lowest BCUT2D eigenvalue weighted by atomic mass is 9.79. The van der Waals surface area contributed by atoms with Gasteiger partial charge in [0.15, 0.2) is 0 Å². The van der Waals surface area contributed by atoms with Gasteiger partial charge in [0.1, 0.15) is 6.23 Å². The van der Waals surface area contributed by atoms with E-state index in [1.54, 1.807) is 0 Å². The minimum Gasteiger partial charge on any atom is -0.423 e. The maximum Gasteiger partial charge on any atom is 0.492 e. The summed E-state index contributed by atoms with van der Waals surface area (Å²) in [6.45, 7) is 2.08. The summed E-state index contributed by atoms with van der Waals surface area (Å²) < 4.78 is 5.64. The lowest BCUT2D eigenvalue weighted by Gasteiger charge is -2.32. The van der Waals surface area contributed by atoms with Gasteiger partial charge in [-0.05, 0) is 11.0 Å². The SMILES string of the molecule is OB1OC(N2CCSCC2)c2ccccc21. The summed E-state index contributed by atoms with van der Waals surface area (Å²) in [5.41, 5.74) is 2.05. The molecule has 2 aliphatic rings. The summed E-state index contributed by atoms with van der Waals surface area (Å²) in [6, 6.07) is 7.95.